The lowest BCUT2D eigenvalue weighted by atomic mass is 10.1. The Morgan fingerprint density at radius 2 is 1.95 bits per heavy atom. The van der Waals surface area contributed by atoms with Crippen LogP contribution in [0.3, 0.4) is 0 Å². The fourth-order valence-corrected chi connectivity index (χ4v) is 2.74. The number of nitrogens with zero attached hydrogens (tertiary/aromatic N) is 2. The normalized spacial score (nSPS) is 12.5. The van der Waals surface area contributed by atoms with Crippen LogP contribution in [0.4, 0.5) is 0 Å². The van der Waals surface area contributed by atoms with Crippen molar-refractivity contribution in [2.45, 2.75) is 25.6 Å². The van der Waals surface area contributed by atoms with E-state index in [0.29, 0.717) is 0 Å². The summed E-state index contributed by atoms with van der Waals surface area (Å²) in [7, 11) is 0. The molecule has 0 fully saturated rings. The van der Waals surface area contributed by atoms with Gasteiger partial charge < -0.3 is 9.14 Å². The Kier molecular flexibility index (Phi) is 4.34. The highest BCUT2D eigenvalue weighted by molar-refractivity contribution is 6.20. The van der Waals surface area contributed by atoms with Crippen LogP contribution < -0.4 is 4.74 Å². The molecule has 2 aromatic heterocycles. The maximum absolute atomic E-state index is 6.39. The summed E-state index contributed by atoms with van der Waals surface area (Å²) in [5.41, 5.74) is 3.90. The van der Waals surface area contributed by atoms with Gasteiger partial charge in [-0.3, -0.25) is 0 Å². The quantitative estimate of drug-likeness (QED) is 0.613. The molecule has 4 heteroatoms. The molecule has 0 saturated carbocycles. The Morgan fingerprint density at radius 3 is 2.64 bits per heavy atom. The lowest BCUT2D eigenvalue weighted by Gasteiger charge is -2.08. The SMILES string of the molecule is CCCOc1ccc(-c2nc3ccccn3c2C(C)Cl)cc1. The predicted molar refractivity (Wildman–Crippen MR) is 90.7 cm³/mol. The number of aromatic nitrogens is 2. The zero-order chi connectivity index (χ0) is 15.5. The molecule has 3 aromatic rings. The van der Waals surface area contributed by atoms with Crippen molar-refractivity contribution in [1.29, 1.82) is 0 Å². The van der Waals surface area contributed by atoms with Gasteiger partial charge in [0.05, 0.1) is 23.4 Å². The Morgan fingerprint density at radius 1 is 1.18 bits per heavy atom. The second kappa shape index (κ2) is 6.41. The molecule has 0 N–H and O–H groups in total. The van der Waals surface area contributed by atoms with Crippen LogP contribution in [0.15, 0.2) is 48.7 Å². The molecule has 0 aliphatic heterocycles. The van der Waals surface area contributed by atoms with Crippen LogP contribution in [0.5, 0.6) is 5.75 Å². The van der Waals surface area contributed by atoms with Crippen molar-refractivity contribution < 1.29 is 4.74 Å². The van der Waals surface area contributed by atoms with Crippen molar-refractivity contribution in [3.05, 3.63) is 54.4 Å². The van der Waals surface area contributed by atoms with Gasteiger partial charge in [-0.1, -0.05) is 13.0 Å². The van der Waals surface area contributed by atoms with Crippen molar-refractivity contribution >= 4 is 17.2 Å². The monoisotopic (exact) mass is 314 g/mol. The van der Waals surface area contributed by atoms with E-state index in [1.54, 1.807) is 0 Å². The van der Waals surface area contributed by atoms with Crippen LogP contribution in [0, 0.1) is 0 Å². The molecule has 1 unspecified atom stereocenters. The van der Waals surface area contributed by atoms with Crippen LogP contribution in [-0.4, -0.2) is 16.0 Å². The minimum absolute atomic E-state index is 0.122. The summed E-state index contributed by atoms with van der Waals surface area (Å²) >= 11 is 6.39. The molecule has 0 radical (unpaired) electrons. The lowest BCUT2D eigenvalue weighted by molar-refractivity contribution is 0.317. The fourth-order valence-electron chi connectivity index (χ4n) is 2.54. The number of halogens is 1. The molecule has 0 amide bonds. The molecular formula is C18H19ClN2O. The van der Waals surface area contributed by atoms with E-state index in [4.69, 9.17) is 21.3 Å². The van der Waals surface area contributed by atoms with Crippen LogP contribution >= 0.6 is 11.6 Å². The summed E-state index contributed by atoms with van der Waals surface area (Å²) in [5, 5.41) is -0.122. The number of benzene rings is 1. The van der Waals surface area contributed by atoms with Gasteiger partial charge in [-0.25, -0.2) is 4.98 Å². The minimum atomic E-state index is -0.122. The van der Waals surface area contributed by atoms with Gasteiger partial charge in [0, 0.05) is 11.8 Å². The molecule has 0 saturated heterocycles. The van der Waals surface area contributed by atoms with Gasteiger partial charge in [0.15, 0.2) is 0 Å². The van der Waals surface area contributed by atoms with E-state index in [-0.39, 0.29) is 5.38 Å². The van der Waals surface area contributed by atoms with Gasteiger partial charge in [0.1, 0.15) is 11.4 Å². The van der Waals surface area contributed by atoms with Gasteiger partial charge in [0.25, 0.3) is 0 Å². The Bertz CT molecular complexity index is 762. The summed E-state index contributed by atoms with van der Waals surface area (Å²) in [5.74, 6) is 0.884. The van der Waals surface area contributed by atoms with Gasteiger partial charge in [-0.15, -0.1) is 11.6 Å². The summed E-state index contributed by atoms with van der Waals surface area (Å²) < 4.78 is 7.68. The van der Waals surface area contributed by atoms with Gasteiger partial charge in [0.2, 0.25) is 0 Å². The molecule has 22 heavy (non-hydrogen) atoms. The number of pyridine rings is 1. The third kappa shape index (κ3) is 2.81. The van der Waals surface area contributed by atoms with E-state index >= 15 is 0 Å². The molecule has 0 aliphatic carbocycles. The molecule has 0 bridgehead atoms. The second-order valence-corrected chi connectivity index (χ2v) is 5.92. The fraction of sp³-hybridized carbons (Fsp3) is 0.278. The van der Waals surface area contributed by atoms with E-state index < -0.39 is 0 Å². The topological polar surface area (TPSA) is 26.5 Å². The largest absolute Gasteiger partial charge is 0.494 e. The minimum Gasteiger partial charge on any atom is -0.494 e. The summed E-state index contributed by atoms with van der Waals surface area (Å²) in [6.07, 6.45) is 3.00. The van der Waals surface area contributed by atoms with Crippen LogP contribution in [-0.2, 0) is 0 Å². The number of hydrogen-bond acceptors (Lipinski definition) is 2. The summed E-state index contributed by atoms with van der Waals surface area (Å²) in [4.78, 5) is 4.73. The van der Waals surface area contributed by atoms with Crippen molar-refractivity contribution in [3.8, 4) is 17.0 Å². The van der Waals surface area contributed by atoms with Crippen molar-refractivity contribution in [2.75, 3.05) is 6.61 Å². The molecule has 1 aromatic carbocycles. The maximum Gasteiger partial charge on any atom is 0.137 e. The zero-order valence-corrected chi connectivity index (χ0v) is 13.5. The van der Waals surface area contributed by atoms with Gasteiger partial charge >= 0.3 is 0 Å². The smallest absolute Gasteiger partial charge is 0.137 e. The zero-order valence-electron chi connectivity index (χ0n) is 12.8. The van der Waals surface area contributed by atoms with E-state index in [0.717, 1.165) is 41.4 Å². The Labute approximate surface area is 135 Å². The maximum atomic E-state index is 6.39. The summed E-state index contributed by atoms with van der Waals surface area (Å²) in [6, 6.07) is 14.0. The highest BCUT2D eigenvalue weighted by Gasteiger charge is 2.17. The molecule has 1 atom stereocenters. The highest BCUT2D eigenvalue weighted by Crippen LogP contribution is 2.32. The van der Waals surface area contributed by atoms with E-state index in [2.05, 4.69) is 11.3 Å². The first-order valence-corrected chi connectivity index (χ1v) is 7.98. The molecular weight excluding hydrogens is 296 g/mol. The molecule has 0 aliphatic rings. The average molecular weight is 315 g/mol. The molecule has 2 heterocycles. The van der Waals surface area contributed by atoms with Crippen LogP contribution in [0.2, 0.25) is 0 Å². The van der Waals surface area contributed by atoms with Crippen LogP contribution in [0.1, 0.15) is 31.3 Å². The predicted octanol–water partition coefficient (Wildman–Crippen LogP) is 5.09. The molecule has 3 nitrogen and oxygen atoms in total. The van der Waals surface area contributed by atoms with E-state index in [9.17, 15) is 0 Å². The standard InChI is InChI=1S/C18H19ClN2O/c1-3-12-22-15-9-7-14(8-10-15)17-18(13(2)19)21-11-5-4-6-16(21)20-17/h4-11,13H,3,12H2,1-2H3. The van der Waals surface area contributed by atoms with E-state index in [1.165, 1.54) is 0 Å². The molecule has 3 rings (SSSR count). The van der Waals surface area contributed by atoms with Crippen molar-refractivity contribution in [2.24, 2.45) is 0 Å². The Hall–Kier alpha value is -2.00. The first kappa shape index (κ1) is 14.9. The van der Waals surface area contributed by atoms with Crippen LogP contribution in [0.25, 0.3) is 16.9 Å². The third-order valence-corrected chi connectivity index (χ3v) is 3.75. The Balaban J connectivity index is 2.04. The first-order valence-electron chi connectivity index (χ1n) is 7.55. The van der Waals surface area contributed by atoms with Gasteiger partial charge in [-0.2, -0.15) is 0 Å². The highest BCUT2D eigenvalue weighted by atomic mass is 35.5. The molecule has 114 valence electrons. The lowest BCUT2D eigenvalue weighted by Crippen LogP contribution is -1.96. The van der Waals surface area contributed by atoms with E-state index in [1.807, 2.05) is 55.6 Å². The summed E-state index contributed by atoms with van der Waals surface area (Å²) in [6.45, 7) is 4.80. The number of fused-ring (bicyclic) bond motifs is 1. The first-order chi connectivity index (χ1) is 10.7. The average Bonchev–Trinajstić information content (AvgIpc) is 2.93. The van der Waals surface area contributed by atoms with Gasteiger partial charge in [-0.05, 0) is 49.7 Å². The second-order valence-electron chi connectivity index (χ2n) is 5.26. The van der Waals surface area contributed by atoms with Crippen molar-refractivity contribution in [1.82, 2.24) is 9.38 Å². The number of rotatable bonds is 5. The number of imidazole rings is 1. The van der Waals surface area contributed by atoms with Crippen molar-refractivity contribution in [3.63, 3.8) is 0 Å². The number of ether oxygens (including phenoxy) is 1. The third-order valence-electron chi connectivity index (χ3n) is 3.54. The molecule has 0 spiro atoms. The number of alkyl halides is 1. The number of hydrogen-bond donors (Lipinski definition) is 0.